The third-order valence-corrected chi connectivity index (χ3v) is 4.34. The molecule has 0 aliphatic heterocycles. The van der Waals surface area contributed by atoms with Crippen molar-refractivity contribution in [2.24, 2.45) is 0 Å². The van der Waals surface area contributed by atoms with Gasteiger partial charge in [0.1, 0.15) is 6.54 Å². The van der Waals surface area contributed by atoms with Gasteiger partial charge in [0.2, 0.25) is 0 Å². The normalized spacial score (nSPS) is 11.1. The van der Waals surface area contributed by atoms with Crippen molar-refractivity contribution in [1.29, 1.82) is 0 Å². The Morgan fingerprint density at radius 2 is 1.67 bits per heavy atom. The molecule has 27 heavy (non-hydrogen) atoms. The van der Waals surface area contributed by atoms with Crippen molar-refractivity contribution in [2.45, 2.75) is 13.5 Å². The molecule has 0 unspecified atom stereocenters. The van der Waals surface area contributed by atoms with Crippen LogP contribution < -0.4 is 0 Å². The Kier molecular flexibility index (Phi) is 6.32. The summed E-state index contributed by atoms with van der Waals surface area (Å²) in [4.78, 5) is 11.9. The van der Waals surface area contributed by atoms with Gasteiger partial charge in [0, 0.05) is 10.0 Å². The van der Waals surface area contributed by atoms with Crippen molar-refractivity contribution < 1.29 is 9.53 Å². The fraction of sp³-hybridized carbons (Fsp3) is 0.143. The number of esters is 1. The number of rotatable bonds is 6. The molecule has 0 saturated heterocycles. The summed E-state index contributed by atoms with van der Waals surface area (Å²) in [5.74, 6) is -0.330. The van der Waals surface area contributed by atoms with Gasteiger partial charge in [0.15, 0.2) is 0 Å². The Labute approximate surface area is 168 Å². The van der Waals surface area contributed by atoms with Crippen molar-refractivity contribution in [3.05, 3.63) is 75.9 Å². The molecule has 3 rings (SSSR count). The minimum atomic E-state index is -0.330. The van der Waals surface area contributed by atoms with Crippen LogP contribution in [0.4, 0.5) is 0 Å². The lowest BCUT2D eigenvalue weighted by Gasteiger charge is -2.07. The van der Waals surface area contributed by atoms with Crippen molar-refractivity contribution in [3.63, 3.8) is 0 Å². The Morgan fingerprint density at radius 3 is 2.30 bits per heavy atom. The van der Waals surface area contributed by atoms with Gasteiger partial charge in [0.05, 0.1) is 18.0 Å². The lowest BCUT2D eigenvalue weighted by molar-refractivity contribution is -0.144. The van der Waals surface area contributed by atoms with Crippen LogP contribution >= 0.6 is 23.2 Å². The van der Waals surface area contributed by atoms with Crippen LogP contribution in [-0.4, -0.2) is 22.4 Å². The Morgan fingerprint density at radius 1 is 1.04 bits per heavy atom. The minimum Gasteiger partial charge on any atom is -0.465 e. The highest BCUT2D eigenvalue weighted by Crippen LogP contribution is 2.24. The topological polar surface area (TPSA) is 44.1 Å². The standard InChI is InChI=1S/C21H18Cl2N2O2/c1-2-27-21(26)14-25-20(16-6-10-18(23)11-7-16)13-19(24-25)12-5-15-3-8-17(22)9-4-15/h3-13H,2,14H2,1H3/b12-5+. The molecule has 1 aromatic heterocycles. The van der Waals surface area contributed by atoms with Crippen LogP contribution in [0.2, 0.25) is 10.0 Å². The van der Waals surface area contributed by atoms with E-state index >= 15 is 0 Å². The first-order chi connectivity index (χ1) is 13.0. The van der Waals surface area contributed by atoms with Gasteiger partial charge >= 0.3 is 5.97 Å². The van der Waals surface area contributed by atoms with Crippen LogP contribution in [0, 0.1) is 0 Å². The summed E-state index contributed by atoms with van der Waals surface area (Å²) in [6.45, 7) is 2.15. The molecule has 0 spiro atoms. The second kappa shape index (κ2) is 8.89. The van der Waals surface area contributed by atoms with Gasteiger partial charge in [-0.15, -0.1) is 0 Å². The average Bonchev–Trinajstić information content (AvgIpc) is 3.05. The van der Waals surface area contributed by atoms with Crippen LogP contribution in [0.1, 0.15) is 18.2 Å². The van der Waals surface area contributed by atoms with Crippen molar-refractivity contribution >= 4 is 41.3 Å². The Balaban J connectivity index is 1.91. The maximum absolute atomic E-state index is 11.9. The molecule has 0 fully saturated rings. The molecule has 0 atom stereocenters. The van der Waals surface area contributed by atoms with Crippen molar-refractivity contribution in [2.75, 3.05) is 6.61 Å². The van der Waals surface area contributed by atoms with Gasteiger partial charge in [-0.1, -0.05) is 53.5 Å². The van der Waals surface area contributed by atoms with Gasteiger partial charge in [-0.3, -0.25) is 9.48 Å². The van der Waals surface area contributed by atoms with Gasteiger partial charge in [-0.25, -0.2) is 0 Å². The molecule has 3 aromatic rings. The molecule has 4 nitrogen and oxygen atoms in total. The van der Waals surface area contributed by atoms with Crippen LogP contribution in [0.5, 0.6) is 0 Å². The maximum atomic E-state index is 11.9. The number of hydrogen-bond donors (Lipinski definition) is 0. The molecule has 0 radical (unpaired) electrons. The molecular weight excluding hydrogens is 383 g/mol. The molecular formula is C21H18Cl2N2O2. The first-order valence-electron chi connectivity index (χ1n) is 8.48. The molecule has 1 heterocycles. The molecule has 0 aliphatic rings. The second-order valence-corrected chi connectivity index (χ2v) is 6.68. The SMILES string of the molecule is CCOC(=O)Cn1nc(/C=C/c2ccc(Cl)cc2)cc1-c1ccc(Cl)cc1. The van der Waals surface area contributed by atoms with E-state index in [1.807, 2.05) is 66.7 Å². The number of hydrogen-bond acceptors (Lipinski definition) is 3. The Hall–Kier alpha value is -2.56. The fourth-order valence-electron chi connectivity index (χ4n) is 2.58. The third kappa shape index (κ3) is 5.22. The molecule has 6 heteroatoms. The number of benzene rings is 2. The summed E-state index contributed by atoms with van der Waals surface area (Å²) in [6, 6.07) is 16.8. The minimum absolute atomic E-state index is 0.0422. The van der Waals surface area contributed by atoms with E-state index in [1.54, 1.807) is 11.6 Å². The van der Waals surface area contributed by atoms with Crippen LogP contribution in [0.15, 0.2) is 54.6 Å². The van der Waals surface area contributed by atoms with Gasteiger partial charge < -0.3 is 4.74 Å². The van der Waals surface area contributed by atoms with E-state index in [1.165, 1.54) is 0 Å². The summed E-state index contributed by atoms with van der Waals surface area (Å²) in [5, 5.41) is 5.88. The van der Waals surface area contributed by atoms with E-state index in [4.69, 9.17) is 27.9 Å². The molecule has 138 valence electrons. The monoisotopic (exact) mass is 400 g/mol. The van der Waals surface area contributed by atoms with Crippen molar-refractivity contribution in [1.82, 2.24) is 9.78 Å². The second-order valence-electron chi connectivity index (χ2n) is 5.81. The van der Waals surface area contributed by atoms with Gasteiger partial charge in [0.25, 0.3) is 0 Å². The maximum Gasteiger partial charge on any atom is 0.327 e. The van der Waals surface area contributed by atoms with E-state index in [2.05, 4.69) is 5.10 Å². The summed E-state index contributed by atoms with van der Waals surface area (Å²) in [7, 11) is 0. The molecule has 0 amide bonds. The smallest absolute Gasteiger partial charge is 0.327 e. The predicted octanol–water partition coefficient (Wildman–Crippen LogP) is 5.59. The van der Waals surface area contributed by atoms with E-state index in [0.29, 0.717) is 16.7 Å². The highest BCUT2D eigenvalue weighted by atomic mass is 35.5. The quantitative estimate of drug-likeness (QED) is 0.506. The van der Waals surface area contributed by atoms with Crippen LogP contribution in [0.3, 0.4) is 0 Å². The van der Waals surface area contributed by atoms with Crippen LogP contribution in [0.25, 0.3) is 23.4 Å². The molecule has 0 aliphatic carbocycles. The number of nitrogens with zero attached hydrogens (tertiary/aromatic N) is 2. The highest BCUT2D eigenvalue weighted by molar-refractivity contribution is 6.30. The highest BCUT2D eigenvalue weighted by Gasteiger charge is 2.13. The first-order valence-corrected chi connectivity index (χ1v) is 9.24. The number of carbonyl (C=O) groups is 1. The largest absolute Gasteiger partial charge is 0.465 e. The summed E-state index contributed by atoms with van der Waals surface area (Å²) in [5.41, 5.74) is 3.48. The van der Waals surface area contributed by atoms with E-state index < -0.39 is 0 Å². The molecule has 0 bridgehead atoms. The number of aromatic nitrogens is 2. The van der Waals surface area contributed by atoms with E-state index in [-0.39, 0.29) is 12.5 Å². The van der Waals surface area contributed by atoms with E-state index in [0.717, 1.165) is 22.5 Å². The zero-order chi connectivity index (χ0) is 19.2. The van der Waals surface area contributed by atoms with Gasteiger partial charge in [-0.05, 0) is 54.5 Å². The van der Waals surface area contributed by atoms with Crippen molar-refractivity contribution in [3.8, 4) is 11.3 Å². The van der Waals surface area contributed by atoms with E-state index in [9.17, 15) is 4.79 Å². The van der Waals surface area contributed by atoms with Crippen LogP contribution in [-0.2, 0) is 16.1 Å². The summed E-state index contributed by atoms with van der Waals surface area (Å²) >= 11 is 11.9. The zero-order valence-corrected chi connectivity index (χ0v) is 16.2. The number of halogens is 2. The lowest BCUT2D eigenvalue weighted by atomic mass is 10.1. The molecule has 0 N–H and O–H groups in total. The fourth-order valence-corrected chi connectivity index (χ4v) is 2.83. The summed E-state index contributed by atoms with van der Waals surface area (Å²) < 4.78 is 6.70. The predicted molar refractivity (Wildman–Crippen MR) is 110 cm³/mol. The molecule has 2 aromatic carbocycles. The molecule has 0 saturated carbocycles. The lowest BCUT2D eigenvalue weighted by Crippen LogP contribution is -2.15. The van der Waals surface area contributed by atoms with Gasteiger partial charge in [-0.2, -0.15) is 5.10 Å². The zero-order valence-electron chi connectivity index (χ0n) is 14.7. The Bertz CT molecular complexity index is 945. The number of carbonyl (C=O) groups excluding carboxylic acids is 1. The average molecular weight is 401 g/mol. The third-order valence-electron chi connectivity index (χ3n) is 3.84. The first kappa shape index (κ1) is 19.2. The summed E-state index contributed by atoms with van der Waals surface area (Å²) in [6.07, 6.45) is 3.84. The number of ether oxygens (including phenoxy) is 1.